The third-order valence-electron chi connectivity index (χ3n) is 4.96. The molecular weight excluding hydrogens is 426 g/mol. The Morgan fingerprint density at radius 3 is 2.38 bits per heavy atom. The second-order valence-corrected chi connectivity index (χ2v) is 9.02. The number of rotatable bonds is 5. The monoisotopic (exact) mass is 449 g/mol. The summed E-state index contributed by atoms with van der Waals surface area (Å²) >= 11 is 6.18. The van der Waals surface area contributed by atoms with Gasteiger partial charge in [-0.05, 0) is 39.8 Å². The third kappa shape index (κ3) is 4.38. The first kappa shape index (κ1) is 22.0. The Kier molecular flexibility index (Phi) is 5.75. The minimum Gasteiger partial charge on any atom is -0.479 e. The van der Waals surface area contributed by atoms with Gasteiger partial charge in [-0.15, -0.1) is 0 Å². The Labute approximate surface area is 191 Å². The second kappa shape index (κ2) is 8.37. The molecule has 164 valence electrons. The zero-order valence-corrected chi connectivity index (χ0v) is 19.1. The molecule has 0 aliphatic carbocycles. The average molecular weight is 450 g/mol. The molecule has 4 aromatic rings. The number of aryl methyl sites for hydroxylation is 1. The molecule has 2 aromatic carbocycles. The van der Waals surface area contributed by atoms with Gasteiger partial charge in [-0.3, -0.25) is 0 Å². The lowest BCUT2D eigenvalue weighted by Crippen LogP contribution is -2.29. The maximum Gasteiger partial charge on any atom is 0.337 e. The molecule has 0 aliphatic heterocycles. The van der Waals surface area contributed by atoms with Crippen molar-refractivity contribution >= 4 is 23.2 Å². The minimum absolute atomic E-state index is 0.479. The summed E-state index contributed by atoms with van der Waals surface area (Å²) in [7, 11) is 0. The van der Waals surface area contributed by atoms with Gasteiger partial charge in [-0.2, -0.15) is 5.10 Å². The largest absolute Gasteiger partial charge is 0.479 e. The number of hydrogen-bond donors (Lipinski definition) is 1. The number of carboxylic acid groups (broad SMARTS) is 1. The standard InChI is InChI=1S/C25H24ClN3O3/c1-15-21(23(24(30)31)32-25(2,3)4)22(16-9-6-5-7-10-16)29-20(27-15)14-19(28-29)17-11-8-12-18(26)13-17/h5-14,23H,1-4H3,(H,30,31)/t23-/m0/s1. The van der Waals surface area contributed by atoms with Gasteiger partial charge in [0, 0.05) is 33.5 Å². The summed E-state index contributed by atoms with van der Waals surface area (Å²) < 4.78 is 7.68. The van der Waals surface area contributed by atoms with Crippen LogP contribution in [0.25, 0.3) is 28.2 Å². The summed E-state index contributed by atoms with van der Waals surface area (Å²) in [5, 5.41) is 15.5. The van der Waals surface area contributed by atoms with Gasteiger partial charge in [0.15, 0.2) is 11.8 Å². The van der Waals surface area contributed by atoms with E-state index in [1.807, 2.05) is 75.4 Å². The number of benzene rings is 2. The number of ether oxygens (including phenoxy) is 1. The van der Waals surface area contributed by atoms with Crippen LogP contribution in [0.4, 0.5) is 0 Å². The van der Waals surface area contributed by atoms with Gasteiger partial charge in [-0.25, -0.2) is 14.3 Å². The van der Waals surface area contributed by atoms with E-state index in [9.17, 15) is 9.90 Å². The van der Waals surface area contributed by atoms with Crippen molar-refractivity contribution in [2.45, 2.75) is 39.4 Å². The summed E-state index contributed by atoms with van der Waals surface area (Å²) in [5.74, 6) is -1.08. The Balaban J connectivity index is 2.03. The van der Waals surface area contributed by atoms with E-state index in [4.69, 9.17) is 21.4 Å². The van der Waals surface area contributed by atoms with Crippen LogP contribution in [0.3, 0.4) is 0 Å². The number of fused-ring (bicyclic) bond motifs is 1. The molecule has 0 aliphatic rings. The molecule has 0 radical (unpaired) electrons. The third-order valence-corrected chi connectivity index (χ3v) is 5.19. The summed E-state index contributed by atoms with van der Waals surface area (Å²) in [6.45, 7) is 7.29. The van der Waals surface area contributed by atoms with E-state index < -0.39 is 17.7 Å². The van der Waals surface area contributed by atoms with Crippen molar-refractivity contribution in [2.75, 3.05) is 0 Å². The molecule has 0 fully saturated rings. The highest BCUT2D eigenvalue weighted by Gasteiger charge is 2.33. The highest BCUT2D eigenvalue weighted by Crippen LogP contribution is 2.36. The summed E-state index contributed by atoms with van der Waals surface area (Å²) in [4.78, 5) is 17.0. The van der Waals surface area contributed by atoms with Gasteiger partial charge < -0.3 is 9.84 Å². The first-order valence-electron chi connectivity index (χ1n) is 10.3. The molecule has 0 saturated heterocycles. The van der Waals surface area contributed by atoms with E-state index in [2.05, 4.69) is 4.98 Å². The predicted molar refractivity (Wildman–Crippen MR) is 125 cm³/mol. The van der Waals surface area contributed by atoms with Gasteiger partial charge in [-0.1, -0.05) is 54.1 Å². The smallest absolute Gasteiger partial charge is 0.337 e. The fraction of sp³-hybridized carbons (Fsp3) is 0.240. The molecule has 2 heterocycles. The molecular formula is C25H24ClN3O3. The molecule has 6 nitrogen and oxygen atoms in total. The number of nitrogens with zero attached hydrogens (tertiary/aromatic N) is 3. The van der Waals surface area contributed by atoms with E-state index >= 15 is 0 Å². The fourth-order valence-electron chi connectivity index (χ4n) is 3.70. The van der Waals surface area contributed by atoms with Crippen molar-refractivity contribution in [2.24, 2.45) is 0 Å². The molecule has 1 atom stereocenters. The number of aliphatic carboxylic acids is 1. The lowest BCUT2D eigenvalue weighted by Gasteiger charge is -2.27. The van der Waals surface area contributed by atoms with Crippen molar-refractivity contribution in [3.8, 4) is 22.5 Å². The molecule has 0 unspecified atom stereocenters. The van der Waals surface area contributed by atoms with Crippen molar-refractivity contribution in [1.29, 1.82) is 0 Å². The van der Waals surface area contributed by atoms with E-state index in [0.29, 0.717) is 33.3 Å². The van der Waals surface area contributed by atoms with Gasteiger partial charge >= 0.3 is 5.97 Å². The summed E-state index contributed by atoms with van der Waals surface area (Å²) in [6.07, 6.45) is -1.21. The Morgan fingerprint density at radius 1 is 1.06 bits per heavy atom. The Hall–Kier alpha value is -3.22. The van der Waals surface area contributed by atoms with E-state index in [0.717, 1.165) is 11.1 Å². The number of aromatic nitrogens is 3. The Bertz CT molecular complexity index is 1290. The summed E-state index contributed by atoms with van der Waals surface area (Å²) in [6, 6.07) is 18.9. The second-order valence-electron chi connectivity index (χ2n) is 8.58. The molecule has 0 amide bonds. The highest BCUT2D eigenvalue weighted by atomic mass is 35.5. The fourth-order valence-corrected chi connectivity index (χ4v) is 3.89. The first-order valence-corrected chi connectivity index (χ1v) is 10.6. The number of hydrogen-bond acceptors (Lipinski definition) is 4. The van der Waals surface area contributed by atoms with E-state index in [1.54, 1.807) is 17.5 Å². The van der Waals surface area contributed by atoms with Crippen molar-refractivity contribution in [1.82, 2.24) is 14.6 Å². The van der Waals surface area contributed by atoms with Gasteiger partial charge in [0.05, 0.1) is 17.0 Å². The van der Waals surface area contributed by atoms with Crippen molar-refractivity contribution in [3.63, 3.8) is 0 Å². The number of carbonyl (C=O) groups is 1. The molecule has 4 rings (SSSR count). The van der Waals surface area contributed by atoms with Crippen LogP contribution < -0.4 is 0 Å². The van der Waals surface area contributed by atoms with Crippen molar-refractivity contribution < 1.29 is 14.6 Å². The molecule has 0 bridgehead atoms. The summed E-state index contributed by atoms with van der Waals surface area (Å²) in [5.41, 5.74) is 3.99. The van der Waals surface area contributed by atoms with Gasteiger partial charge in [0.1, 0.15) is 0 Å². The van der Waals surface area contributed by atoms with Gasteiger partial charge in [0.2, 0.25) is 0 Å². The predicted octanol–water partition coefficient (Wildman–Crippen LogP) is 5.97. The van der Waals surface area contributed by atoms with Gasteiger partial charge in [0.25, 0.3) is 0 Å². The van der Waals surface area contributed by atoms with Crippen LogP contribution in [0.1, 0.15) is 38.1 Å². The molecule has 1 N–H and O–H groups in total. The SMILES string of the molecule is Cc1nc2cc(-c3cccc(Cl)c3)nn2c(-c2ccccc2)c1[C@H](OC(C)(C)C)C(=O)O. The normalized spacial score (nSPS) is 12.8. The van der Waals surface area contributed by atoms with Crippen LogP contribution >= 0.6 is 11.6 Å². The van der Waals surface area contributed by atoms with E-state index in [-0.39, 0.29) is 0 Å². The van der Waals surface area contributed by atoms with Crippen LogP contribution in [0, 0.1) is 6.92 Å². The molecule has 2 aromatic heterocycles. The van der Waals surface area contributed by atoms with Crippen LogP contribution in [0.5, 0.6) is 0 Å². The maximum absolute atomic E-state index is 12.3. The van der Waals surface area contributed by atoms with Crippen molar-refractivity contribution in [3.05, 3.63) is 76.9 Å². The van der Waals surface area contributed by atoms with Crippen LogP contribution in [-0.4, -0.2) is 31.3 Å². The maximum atomic E-state index is 12.3. The quantitative estimate of drug-likeness (QED) is 0.406. The average Bonchev–Trinajstić information content (AvgIpc) is 3.14. The zero-order valence-electron chi connectivity index (χ0n) is 18.3. The lowest BCUT2D eigenvalue weighted by molar-refractivity contribution is -0.160. The highest BCUT2D eigenvalue weighted by molar-refractivity contribution is 6.30. The van der Waals surface area contributed by atoms with E-state index in [1.165, 1.54) is 0 Å². The minimum atomic E-state index is -1.21. The Morgan fingerprint density at radius 2 is 1.75 bits per heavy atom. The molecule has 32 heavy (non-hydrogen) atoms. The number of halogens is 1. The molecule has 0 spiro atoms. The zero-order chi connectivity index (χ0) is 23.0. The van der Waals surface area contributed by atoms with Crippen LogP contribution in [0.2, 0.25) is 5.02 Å². The number of carboxylic acids is 1. The lowest BCUT2D eigenvalue weighted by atomic mass is 9.99. The van der Waals surface area contributed by atoms with Crippen LogP contribution in [0.15, 0.2) is 60.7 Å². The van der Waals surface area contributed by atoms with Crippen LogP contribution in [-0.2, 0) is 9.53 Å². The first-order chi connectivity index (χ1) is 15.1. The molecule has 7 heteroatoms. The topological polar surface area (TPSA) is 76.7 Å². The molecule has 0 saturated carbocycles.